The van der Waals surface area contributed by atoms with E-state index in [0.29, 0.717) is 6.61 Å². The molecule has 0 aromatic carbocycles. The van der Waals surface area contributed by atoms with Gasteiger partial charge in [0.25, 0.3) is 0 Å². The molecule has 3 heteroatoms. The summed E-state index contributed by atoms with van der Waals surface area (Å²) in [5.74, 6) is 1.58. The average molecular weight is 204 g/mol. The summed E-state index contributed by atoms with van der Waals surface area (Å²) < 4.78 is 5.48. The summed E-state index contributed by atoms with van der Waals surface area (Å²) in [6.45, 7) is 10.8. The summed E-state index contributed by atoms with van der Waals surface area (Å²) in [7, 11) is 0. The van der Waals surface area contributed by atoms with Crippen molar-refractivity contribution in [3.8, 4) is 5.75 Å². The molecule has 1 aliphatic rings. The Balaban J connectivity index is 2.41. The molecular formula is C12H16N2O. The van der Waals surface area contributed by atoms with Crippen molar-refractivity contribution in [1.82, 2.24) is 4.98 Å². The number of hydrogen-bond acceptors (Lipinski definition) is 3. The summed E-state index contributed by atoms with van der Waals surface area (Å²) >= 11 is 0. The van der Waals surface area contributed by atoms with Crippen LogP contribution in [0.5, 0.6) is 5.75 Å². The number of hydrogen-bond donors (Lipinski definition) is 1. The smallest absolute Gasteiger partial charge is 0.173 e. The Bertz CT molecular complexity index is 405. The van der Waals surface area contributed by atoms with E-state index < -0.39 is 0 Å². The molecule has 1 aliphatic heterocycles. The highest BCUT2D eigenvalue weighted by atomic mass is 16.5. The molecule has 0 unspecified atom stereocenters. The van der Waals surface area contributed by atoms with Gasteiger partial charge in [-0.2, -0.15) is 0 Å². The van der Waals surface area contributed by atoms with Crippen molar-refractivity contribution in [3.63, 3.8) is 0 Å². The van der Waals surface area contributed by atoms with Gasteiger partial charge in [0, 0.05) is 16.8 Å². The van der Waals surface area contributed by atoms with Crippen LogP contribution in [0.4, 0.5) is 5.82 Å². The zero-order valence-corrected chi connectivity index (χ0v) is 9.42. The number of nitrogens with zero attached hydrogens (tertiary/aromatic N) is 1. The van der Waals surface area contributed by atoms with Crippen LogP contribution in [-0.2, 0) is 5.41 Å². The van der Waals surface area contributed by atoms with E-state index in [1.54, 1.807) is 0 Å². The fourth-order valence-corrected chi connectivity index (χ4v) is 1.44. The third kappa shape index (κ3) is 1.96. The lowest BCUT2D eigenvalue weighted by Crippen LogP contribution is -2.20. The van der Waals surface area contributed by atoms with Crippen LogP contribution in [0, 0.1) is 0 Å². The molecule has 0 radical (unpaired) electrons. The van der Waals surface area contributed by atoms with Crippen molar-refractivity contribution in [3.05, 3.63) is 30.1 Å². The molecule has 0 saturated carbocycles. The van der Waals surface area contributed by atoms with Crippen LogP contribution in [0.2, 0.25) is 0 Å². The number of ether oxygens (including phenoxy) is 1. The number of anilines is 1. The summed E-state index contributed by atoms with van der Waals surface area (Å²) in [6.07, 6.45) is 0. The van der Waals surface area contributed by atoms with Crippen LogP contribution in [0.1, 0.15) is 26.5 Å². The van der Waals surface area contributed by atoms with Crippen LogP contribution in [0.3, 0.4) is 0 Å². The van der Waals surface area contributed by atoms with Gasteiger partial charge in [-0.15, -0.1) is 0 Å². The Morgan fingerprint density at radius 2 is 2.13 bits per heavy atom. The molecule has 0 aliphatic carbocycles. The van der Waals surface area contributed by atoms with Crippen molar-refractivity contribution < 1.29 is 4.74 Å². The monoisotopic (exact) mass is 204 g/mol. The number of fused-ring (bicyclic) bond motifs is 1. The van der Waals surface area contributed by atoms with E-state index in [-0.39, 0.29) is 5.41 Å². The van der Waals surface area contributed by atoms with Gasteiger partial charge in [-0.05, 0) is 12.1 Å². The van der Waals surface area contributed by atoms with Gasteiger partial charge in [0.05, 0.1) is 0 Å². The first-order chi connectivity index (χ1) is 6.97. The largest absolute Gasteiger partial charge is 0.484 e. The third-order valence-corrected chi connectivity index (χ3v) is 2.32. The SMILES string of the molecule is C=C1COc2ccc(C(C)(C)C)nc2N1. The normalized spacial score (nSPS) is 15.3. The second-order valence-electron chi connectivity index (χ2n) is 4.81. The first-order valence-electron chi connectivity index (χ1n) is 5.06. The summed E-state index contributed by atoms with van der Waals surface area (Å²) in [4.78, 5) is 4.54. The van der Waals surface area contributed by atoms with Gasteiger partial charge >= 0.3 is 0 Å². The zero-order chi connectivity index (χ0) is 11.1. The lowest BCUT2D eigenvalue weighted by Gasteiger charge is -2.24. The van der Waals surface area contributed by atoms with E-state index in [0.717, 1.165) is 23.0 Å². The van der Waals surface area contributed by atoms with E-state index in [1.165, 1.54) is 0 Å². The fraction of sp³-hybridized carbons (Fsp3) is 0.417. The average Bonchev–Trinajstić information content (AvgIpc) is 2.15. The van der Waals surface area contributed by atoms with Crippen molar-refractivity contribution >= 4 is 5.82 Å². The fourth-order valence-electron chi connectivity index (χ4n) is 1.44. The molecular weight excluding hydrogens is 188 g/mol. The molecule has 2 rings (SSSR count). The molecule has 1 aromatic rings. The predicted molar refractivity (Wildman–Crippen MR) is 61.2 cm³/mol. The summed E-state index contributed by atoms with van der Waals surface area (Å²) in [5.41, 5.74) is 1.95. The van der Waals surface area contributed by atoms with Crippen molar-refractivity contribution in [2.45, 2.75) is 26.2 Å². The Labute approximate surface area is 90.2 Å². The molecule has 2 heterocycles. The van der Waals surface area contributed by atoms with Crippen LogP contribution >= 0.6 is 0 Å². The Hall–Kier alpha value is -1.51. The van der Waals surface area contributed by atoms with Gasteiger partial charge in [-0.3, -0.25) is 0 Å². The summed E-state index contributed by atoms with van der Waals surface area (Å²) in [5, 5.41) is 3.14. The van der Waals surface area contributed by atoms with Crippen molar-refractivity contribution in [2.75, 3.05) is 11.9 Å². The minimum atomic E-state index is 0.0511. The van der Waals surface area contributed by atoms with Gasteiger partial charge in [-0.1, -0.05) is 27.4 Å². The Morgan fingerprint density at radius 3 is 2.80 bits per heavy atom. The topological polar surface area (TPSA) is 34.1 Å². The molecule has 80 valence electrons. The lowest BCUT2D eigenvalue weighted by molar-refractivity contribution is 0.344. The molecule has 0 spiro atoms. The number of nitrogens with one attached hydrogen (secondary N) is 1. The van der Waals surface area contributed by atoms with E-state index >= 15 is 0 Å². The highest BCUT2D eigenvalue weighted by Crippen LogP contribution is 2.31. The molecule has 0 bridgehead atoms. The second-order valence-corrected chi connectivity index (χ2v) is 4.81. The molecule has 0 fully saturated rings. The van der Waals surface area contributed by atoms with E-state index in [4.69, 9.17) is 4.74 Å². The zero-order valence-electron chi connectivity index (χ0n) is 9.42. The second kappa shape index (κ2) is 3.26. The quantitative estimate of drug-likeness (QED) is 0.705. The number of rotatable bonds is 0. The Morgan fingerprint density at radius 1 is 1.40 bits per heavy atom. The maximum absolute atomic E-state index is 5.48. The molecule has 15 heavy (non-hydrogen) atoms. The summed E-state index contributed by atoms with van der Waals surface area (Å²) in [6, 6.07) is 3.97. The van der Waals surface area contributed by atoms with Crippen molar-refractivity contribution in [1.29, 1.82) is 0 Å². The van der Waals surface area contributed by atoms with Gasteiger partial charge in [0.15, 0.2) is 11.6 Å². The van der Waals surface area contributed by atoms with Gasteiger partial charge in [0.2, 0.25) is 0 Å². The highest BCUT2D eigenvalue weighted by molar-refractivity contribution is 5.56. The van der Waals surface area contributed by atoms with E-state index in [9.17, 15) is 0 Å². The molecule has 3 nitrogen and oxygen atoms in total. The van der Waals surface area contributed by atoms with Crippen LogP contribution in [-0.4, -0.2) is 11.6 Å². The Kier molecular flexibility index (Phi) is 2.18. The van der Waals surface area contributed by atoms with E-state index in [2.05, 4.69) is 37.7 Å². The third-order valence-electron chi connectivity index (χ3n) is 2.32. The number of pyridine rings is 1. The maximum Gasteiger partial charge on any atom is 0.173 e. The molecule has 0 saturated heterocycles. The van der Waals surface area contributed by atoms with Gasteiger partial charge < -0.3 is 10.1 Å². The molecule has 0 amide bonds. The highest BCUT2D eigenvalue weighted by Gasteiger charge is 2.20. The van der Waals surface area contributed by atoms with Crippen LogP contribution in [0.25, 0.3) is 0 Å². The minimum absolute atomic E-state index is 0.0511. The van der Waals surface area contributed by atoms with Crippen LogP contribution in [0.15, 0.2) is 24.4 Å². The van der Waals surface area contributed by atoms with Crippen molar-refractivity contribution in [2.24, 2.45) is 0 Å². The van der Waals surface area contributed by atoms with Gasteiger partial charge in [0.1, 0.15) is 6.61 Å². The predicted octanol–water partition coefficient (Wildman–Crippen LogP) is 2.70. The van der Waals surface area contributed by atoms with E-state index in [1.807, 2.05) is 12.1 Å². The molecule has 1 N–H and O–H groups in total. The number of aromatic nitrogens is 1. The lowest BCUT2D eigenvalue weighted by atomic mass is 9.91. The maximum atomic E-state index is 5.48. The van der Waals surface area contributed by atoms with Crippen LogP contribution < -0.4 is 10.1 Å². The standard InChI is InChI=1S/C12H16N2O/c1-8-7-15-9-5-6-10(12(2,3)4)14-11(9)13-8/h5-6H,1,7H2,2-4H3,(H,13,14). The van der Waals surface area contributed by atoms with Gasteiger partial charge in [-0.25, -0.2) is 4.98 Å². The minimum Gasteiger partial charge on any atom is -0.484 e. The first-order valence-corrected chi connectivity index (χ1v) is 5.06. The molecule has 1 aromatic heterocycles. The first kappa shape index (κ1) is 10.0. The molecule has 0 atom stereocenters.